The van der Waals surface area contributed by atoms with Crippen molar-refractivity contribution in [3.63, 3.8) is 0 Å². The fourth-order valence-corrected chi connectivity index (χ4v) is 8.92. The predicted octanol–water partition coefficient (Wildman–Crippen LogP) is 19.0. The van der Waals surface area contributed by atoms with Gasteiger partial charge in [-0.25, -0.2) is 0 Å². The average molecular weight is 906 g/mol. The number of esters is 3. The molecule has 380 valence electrons. The molecule has 0 aromatic carbocycles. The molecule has 0 spiro atoms. The molecule has 0 amide bonds. The van der Waals surface area contributed by atoms with Crippen LogP contribution in [0.1, 0.15) is 329 Å². The summed E-state index contributed by atoms with van der Waals surface area (Å²) in [7, 11) is 0. The molecular weight excluding hydrogens is 793 g/mol. The summed E-state index contributed by atoms with van der Waals surface area (Å²) in [5.74, 6) is -0.0288. The lowest BCUT2D eigenvalue weighted by molar-refractivity contribution is -0.167. The molecule has 0 aromatic rings. The van der Waals surface area contributed by atoms with Crippen LogP contribution in [-0.4, -0.2) is 37.2 Å². The average Bonchev–Trinajstić information content (AvgIpc) is 3.28. The number of hydrogen-bond donors (Lipinski definition) is 0. The fraction of sp³-hybridized carbons (Fsp3) is 0.948. The number of ether oxygens (including phenoxy) is 3. The fourth-order valence-electron chi connectivity index (χ4n) is 8.92. The van der Waals surface area contributed by atoms with Gasteiger partial charge in [-0.1, -0.05) is 291 Å². The zero-order valence-electron chi connectivity index (χ0n) is 43.8. The van der Waals surface area contributed by atoms with Gasteiger partial charge in [0.25, 0.3) is 0 Å². The molecule has 0 radical (unpaired) electrons. The lowest BCUT2D eigenvalue weighted by Crippen LogP contribution is -2.30. The van der Waals surface area contributed by atoms with E-state index in [0.717, 1.165) is 63.7 Å². The molecule has 0 bridgehead atoms. The highest BCUT2D eigenvalue weighted by Crippen LogP contribution is 2.18. The number of carbonyl (C=O) groups is 3. The van der Waals surface area contributed by atoms with Crippen LogP contribution in [-0.2, 0) is 28.6 Å². The van der Waals surface area contributed by atoms with E-state index < -0.39 is 6.10 Å². The Morgan fingerprint density at radius 2 is 0.516 bits per heavy atom. The van der Waals surface area contributed by atoms with Crippen molar-refractivity contribution in [3.05, 3.63) is 0 Å². The Kier molecular flexibility index (Phi) is 51.1. The van der Waals surface area contributed by atoms with Crippen LogP contribution in [0.3, 0.4) is 0 Å². The monoisotopic (exact) mass is 905 g/mol. The third kappa shape index (κ3) is 51.4. The van der Waals surface area contributed by atoms with E-state index in [0.29, 0.717) is 19.3 Å². The SMILES string of the molecule is CCCCCCCCCCCCCCCCCCCCC(=O)OC[C@@H](COC(=O)CCCCCCCCCCCC(C)C)OC(=O)CCCCCCCCCCCCCCCCCC. The largest absolute Gasteiger partial charge is 0.462 e. The van der Waals surface area contributed by atoms with E-state index in [1.54, 1.807) is 0 Å². The Bertz CT molecular complexity index is 964. The lowest BCUT2D eigenvalue weighted by atomic mass is 10.0. The van der Waals surface area contributed by atoms with Crippen molar-refractivity contribution in [2.75, 3.05) is 13.2 Å². The van der Waals surface area contributed by atoms with E-state index in [4.69, 9.17) is 14.2 Å². The molecule has 0 saturated carbocycles. The number of carbonyl (C=O) groups excluding carboxylic acids is 3. The molecule has 0 rings (SSSR count). The Balaban J connectivity index is 4.27. The van der Waals surface area contributed by atoms with Gasteiger partial charge in [-0.2, -0.15) is 0 Å². The summed E-state index contributed by atoms with van der Waals surface area (Å²) >= 11 is 0. The van der Waals surface area contributed by atoms with E-state index >= 15 is 0 Å². The molecule has 1 atom stereocenters. The van der Waals surface area contributed by atoms with Gasteiger partial charge in [-0.05, 0) is 25.2 Å². The molecule has 0 unspecified atom stereocenters. The quantitative estimate of drug-likeness (QED) is 0.0344. The van der Waals surface area contributed by atoms with E-state index in [-0.39, 0.29) is 31.1 Å². The first-order chi connectivity index (χ1) is 31.4. The number of hydrogen-bond acceptors (Lipinski definition) is 6. The van der Waals surface area contributed by atoms with Gasteiger partial charge in [0.15, 0.2) is 6.10 Å². The zero-order valence-corrected chi connectivity index (χ0v) is 43.8. The minimum Gasteiger partial charge on any atom is -0.462 e. The Morgan fingerprint density at radius 1 is 0.297 bits per heavy atom. The third-order valence-electron chi connectivity index (χ3n) is 13.3. The molecule has 0 saturated heterocycles. The molecule has 0 N–H and O–H groups in total. The summed E-state index contributed by atoms with van der Waals surface area (Å²) in [6.07, 6.45) is 56.7. The van der Waals surface area contributed by atoms with Crippen LogP contribution < -0.4 is 0 Å². The number of rotatable bonds is 53. The molecule has 0 fully saturated rings. The summed E-state index contributed by atoms with van der Waals surface area (Å²) < 4.78 is 16.9. The van der Waals surface area contributed by atoms with Gasteiger partial charge in [-0.3, -0.25) is 14.4 Å². The first kappa shape index (κ1) is 62.4. The van der Waals surface area contributed by atoms with Crippen LogP contribution >= 0.6 is 0 Å². The van der Waals surface area contributed by atoms with E-state index in [9.17, 15) is 14.4 Å². The van der Waals surface area contributed by atoms with E-state index in [1.807, 2.05) is 0 Å². The first-order valence-corrected chi connectivity index (χ1v) is 28.9. The highest BCUT2D eigenvalue weighted by atomic mass is 16.6. The van der Waals surface area contributed by atoms with Crippen molar-refractivity contribution in [2.45, 2.75) is 336 Å². The van der Waals surface area contributed by atoms with Crippen LogP contribution in [0.25, 0.3) is 0 Å². The highest BCUT2D eigenvalue weighted by molar-refractivity contribution is 5.71. The van der Waals surface area contributed by atoms with Crippen molar-refractivity contribution >= 4 is 17.9 Å². The zero-order chi connectivity index (χ0) is 46.7. The van der Waals surface area contributed by atoms with Crippen LogP contribution in [0.15, 0.2) is 0 Å². The number of unbranched alkanes of at least 4 members (excludes halogenated alkanes) is 40. The second-order valence-corrected chi connectivity index (χ2v) is 20.4. The molecule has 0 aliphatic carbocycles. The van der Waals surface area contributed by atoms with E-state index in [1.165, 1.54) is 225 Å². The summed E-state index contributed by atoms with van der Waals surface area (Å²) in [5.41, 5.74) is 0. The maximum absolute atomic E-state index is 12.8. The van der Waals surface area contributed by atoms with Gasteiger partial charge in [0.2, 0.25) is 0 Å². The van der Waals surface area contributed by atoms with Gasteiger partial charge in [0.05, 0.1) is 0 Å². The van der Waals surface area contributed by atoms with Gasteiger partial charge >= 0.3 is 17.9 Å². The molecule has 0 aliphatic heterocycles. The summed E-state index contributed by atoms with van der Waals surface area (Å²) in [6, 6.07) is 0. The minimum absolute atomic E-state index is 0.0622. The van der Waals surface area contributed by atoms with E-state index in [2.05, 4.69) is 27.7 Å². The van der Waals surface area contributed by atoms with Gasteiger partial charge < -0.3 is 14.2 Å². The Labute approximate surface area is 399 Å². The lowest BCUT2D eigenvalue weighted by Gasteiger charge is -2.18. The smallest absolute Gasteiger partial charge is 0.306 e. The van der Waals surface area contributed by atoms with Crippen LogP contribution in [0.2, 0.25) is 0 Å². The van der Waals surface area contributed by atoms with Crippen LogP contribution in [0.5, 0.6) is 0 Å². The molecule has 6 heteroatoms. The van der Waals surface area contributed by atoms with Gasteiger partial charge in [0, 0.05) is 19.3 Å². The van der Waals surface area contributed by atoms with Gasteiger partial charge in [0.1, 0.15) is 13.2 Å². The van der Waals surface area contributed by atoms with Crippen molar-refractivity contribution in [1.29, 1.82) is 0 Å². The first-order valence-electron chi connectivity index (χ1n) is 28.9. The predicted molar refractivity (Wildman–Crippen MR) is 275 cm³/mol. The molecule has 0 aromatic heterocycles. The minimum atomic E-state index is -0.762. The summed E-state index contributed by atoms with van der Waals surface area (Å²) in [5, 5.41) is 0. The maximum Gasteiger partial charge on any atom is 0.306 e. The summed E-state index contributed by atoms with van der Waals surface area (Å²) in [4.78, 5) is 38.1. The Morgan fingerprint density at radius 3 is 0.766 bits per heavy atom. The second-order valence-electron chi connectivity index (χ2n) is 20.4. The van der Waals surface area contributed by atoms with Crippen LogP contribution in [0, 0.1) is 5.92 Å². The standard InChI is InChI=1S/C58H112O6/c1-5-7-9-11-13-15-17-19-21-23-24-26-27-29-33-37-41-45-49-56(59)62-52-55(53-63-57(60)50-46-42-38-35-31-32-36-40-44-48-54(3)4)64-58(61)51-47-43-39-34-30-28-25-22-20-18-16-14-12-10-8-6-2/h54-55H,5-53H2,1-4H3/t55-/m0/s1. The molecular formula is C58H112O6. The van der Waals surface area contributed by atoms with Crippen molar-refractivity contribution in [3.8, 4) is 0 Å². The third-order valence-corrected chi connectivity index (χ3v) is 13.3. The molecule has 0 aliphatic rings. The van der Waals surface area contributed by atoms with Crippen LogP contribution in [0.4, 0.5) is 0 Å². The van der Waals surface area contributed by atoms with Crippen molar-refractivity contribution in [1.82, 2.24) is 0 Å². The second kappa shape index (κ2) is 52.4. The Hall–Kier alpha value is -1.59. The maximum atomic E-state index is 12.8. The summed E-state index contributed by atoms with van der Waals surface area (Å²) in [6.45, 7) is 9.04. The molecule has 0 heterocycles. The van der Waals surface area contributed by atoms with Gasteiger partial charge in [-0.15, -0.1) is 0 Å². The normalized spacial score (nSPS) is 12.0. The highest BCUT2D eigenvalue weighted by Gasteiger charge is 2.19. The molecule has 64 heavy (non-hydrogen) atoms. The van der Waals surface area contributed by atoms with Crippen molar-refractivity contribution in [2.24, 2.45) is 5.92 Å². The molecule has 6 nitrogen and oxygen atoms in total. The topological polar surface area (TPSA) is 78.9 Å². The van der Waals surface area contributed by atoms with Crippen molar-refractivity contribution < 1.29 is 28.6 Å².